The average molecular weight is 489 g/mol. The van der Waals surface area contributed by atoms with Crippen molar-refractivity contribution in [3.63, 3.8) is 0 Å². The number of nitrogens with two attached hydrogens (primary N) is 3. The molecule has 0 fully saturated rings. The van der Waals surface area contributed by atoms with Gasteiger partial charge in [0.25, 0.3) is 0 Å². The summed E-state index contributed by atoms with van der Waals surface area (Å²) in [5.74, 6) is -5.48. The van der Waals surface area contributed by atoms with Crippen LogP contribution in [0.15, 0.2) is 0 Å². The summed E-state index contributed by atoms with van der Waals surface area (Å²) < 4.78 is 0. The van der Waals surface area contributed by atoms with Crippen LogP contribution in [0.1, 0.15) is 52.9 Å². The molecule has 0 aromatic heterocycles. The molecule has 0 aromatic carbocycles. The van der Waals surface area contributed by atoms with Crippen molar-refractivity contribution in [3.8, 4) is 0 Å². The minimum absolute atomic E-state index is 0.104. The summed E-state index contributed by atoms with van der Waals surface area (Å²) in [6.45, 7) is 4.81. The van der Waals surface area contributed by atoms with E-state index in [4.69, 9.17) is 17.2 Å². The number of carbonyl (C=O) groups is 6. The van der Waals surface area contributed by atoms with E-state index in [0.29, 0.717) is 0 Å². The van der Waals surface area contributed by atoms with Gasteiger partial charge in [0.1, 0.15) is 24.2 Å². The molecule has 14 heteroatoms. The van der Waals surface area contributed by atoms with E-state index in [-0.39, 0.29) is 38.0 Å². The Hall–Kier alpha value is -3.26. The van der Waals surface area contributed by atoms with Crippen LogP contribution in [0.2, 0.25) is 0 Å². The largest absolute Gasteiger partial charge is 0.480 e. The highest BCUT2D eigenvalue weighted by molar-refractivity contribution is 5.94. The molecule has 11 N–H and O–H groups in total. The fourth-order valence-corrected chi connectivity index (χ4v) is 2.83. The molecule has 0 rings (SSSR count). The molecular formula is C20H36N6O8. The number of amides is 5. The van der Waals surface area contributed by atoms with Crippen molar-refractivity contribution in [3.05, 3.63) is 0 Å². The lowest BCUT2D eigenvalue weighted by Crippen LogP contribution is -2.58. The summed E-state index contributed by atoms with van der Waals surface area (Å²) in [7, 11) is 0. The second kappa shape index (κ2) is 14.8. The molecule has 0 saturated carbocycles. The quantitative estimate of drug-likeness (QED) is 0.109. The molecule has 5 atom stereocenters. The molecule has 5 unspecified atom stereocenters. The summed E-state index contributed by atoms with van der Waals surface area (Å²) in [4.78, 5) is 71.4. The number of hydrogen-bond donors (Lipinski definition) is 8. The Kier molecular flexibility index (Phi) is 13.4. The Morgan fingerprint density at radius 2 is 1.15 bits per heavy atom. The van der Waals surface area contributed by atoms with Crippen LogP contribution in [-0.2, 0) is 28.8 Å². The van der Waals surface area contributed by atoms with Gasteiger partial charge in [-0.25, -0.2) is 4.79 Å². The Balaban J connectivity index is 5.57. The normalized spacial score (nSPS) is 15.4. The number of aliphatic hydroxyl groups excluding tert-OH is 1. The number of rotatable bonds is 16. The number of aliphatic carboxylic acids is 1. The number of carbonyl (C=O) groups excluding carboxylic acids is 5. The third-order valence-corrected chi connectivity index (χ3v) is 4.77. The maximum absolute atomic E-state index is 12.9. The molecular weight excluding hydrogens is 452 g/mol. The third kappa shape index (κ3) is 12.1. The van der Waals surface area contributed by atoms with Crippen molar-refractivity contribution in [1.82, 2.24) is 16.0 Å². The minimum atomic E-state index is -1.42. The van der Waals surface area contributed by atoms with Crippen molar-refractivity contribution < 1.29 is 39.0 Å². The summed E-state index contributed by atoms with van der Waals surface area (Å²) in [5.41, 5.74) is 15.7. The van der Waals surface area contributed by atoms with E-state index in [9.17, 15) is 39.0 Å². The molecule has 0 aromatic rings. The predicted molar refractivity (Wildman–Crippen MR) is 119 cm³/mol. The van der Waals surface area contributed by atoms with Gasteiger partial charge in [0.05, 0.1) is 6.10 Å². The van der Waals surface area contributed by atoms with Crippen LogP contribution in [0.3, 0.4) is 0 Å². The number of hydrogen-bond acceptors (Lipinski definition) is 8. The molecule has 0 radical (unpaired) electrons. The molecule has 0 spiro atoms. The third-order valence-electron chi connectivity index (χ3n) is 4.77. The Morgan fingerprint density at radius 3 is 1.56 bits per heavy atom. The number of aliphatic hydroxyl groups is 1. The van der Waals surface area contributed by atoms with E-state index in [0.717, 1.165) is 0 Å². The molecule has 0 aliphatic carbocycles. The van der Waals surface area contributed by atoms with Crippen LogP contribution in [0, 0.1) is 5.92 Å². The fraction of sp³-hybridized carbons (Fsp3) is 0.700. The minimum Gasteiger partial charge on any atom is -0.480 e. The maximum atomic E-state index is 12.9. The highest BCUT2D eigenvalue weighted by atomic mass is 16.4. The van der Waals surface area contributed by atoms with Crippen molar-refractivity contribution in [2.45, 2.75) is 83.1 Å². The van der Waals surface area contributed by atoms with Crippen molar-refractivity contribution >= 4 is 35.5 Å². The van der Waals surface area contributed by atoms with Gasteiger partial charge in [0, 0.05) is 12.8 Å². The fourth-order valence-electron chi connectivity index (χ4n) is 2.83. The van der Waals surface area contributed by atoms with Crippen LogP contribution in [0.5, 0.6) is 0 Å². The SMILES string of the molecule is CC(C)CC(NC(=O)C(CCC(N)=O)NC(=O)C(N)C(C)O)C(=O)NC(CCC(N)=O)C(=O)O. The van der Waals surface area contributed by atoms with Gasteiger partial charge in [-0.05, 0) is 32.1 Å². The number of carboxylic acids is 1. The zero-order valence-electron chi connectivity index (χ0n) is 19.6. The van der Waals surface area contributed by atoms with E-state index in [1.54, 1.807) is 13.8 Å². The molecule has 14 nitrogen and oxygen atoms in total. The molecule has 0 aliphatic rings. The van der Waals surface area contributed by atoms with E-state index in [1.165, 1.54) is 6.92 Å². The lowest BCUT2D eigenvalue weighted by Gasteiger charge is -2.26. The first-order valence-electron chi connectivity index (χ1n) is 10.8. The maximum Gasteiger partial charge on any atom is 0.326 e. The first-order valence-corrected chi connectivity index (χ1v) is 10.8. The number of nitrogens with one attached hydrogen (secondary N) is 3. The van der Waals surface area contributed by atoms with Crippen LogP contribution in [-0.4, -0.2) is 76.0 Å². The molecule has 5 amide bonds. The lowest BCUT2D eigenvalue weighted by atomic mass is 10.0. The van der Waals surface area contributed by atoms with Crippen LogP contribution < -0.4 is 33.2 Å². The van der Waals surface area contributed by atoms with E-state index in [1.807, 2.05) is 0 Å². The van der Waals surface area contributed by atoms with Crippen LogP contribution >= 0.6 is 0 Å². The first kappa shape index (κ1) is 30.7. The zero-order chi connectivity index (χ0) is 26.6. The zero-order valence-corrected chi connectivity index (χ0v) is 19.6. The van der Waals surface area contributed by atoms with Crippen molar-refractivity contribution in [1.29, 1.82) is 0 Å². The summed E-state index contributed by atoms with van der Waals surface area (Å²) >= 11 is 0. The highest BCUT2D eigenvalue weighted by Gasteiger charge is 2.31. The van der Waals surface area contributed by atoms with Gasteiger partial charge in [-0.1, -0.05) is 13.8 Å². The van der Waals surface area contributed by atoms with Gasteiger partial charge in [-0.3, -0.25) is 24.0 Å². The average Bonchev–Trinajstić information content (AvgIpc) is 2.71. The van der Waals surface area contributed by atoms with Crippen LogP contribution in [0.4, 0.5) is 0 Å². The van der Waals surface area contributed by atoms with Gasteiger partial charge in [-0.2, -0.15) is 0 Å². The summed E-state index contributed by atoms with van der Waals surface area (Å²) in [5, 5.41) is 25.8. The van der Waals surface area contributed by atoms with Gasteiger partial charge < -0.3 is 43.4 Å². The van der Waals surface area contributed by atoms with E-state index < -0.39 is 65.8 Å². The number of primary amides is 2. The topological polar surface area (TPSA) is 257 Å². The van der Waals surface area contributed by atoms with Crippen molar-refractivity contribution in [2.75, 3.05) is 0 Å². The van der Waals surface area contributed by atoms with Gasteiger partial charge in [0.2, 0.25) is 29.5 Å². The second-order valence-electron chi connectivity index (χ2n) is 8.43. The number of carboxylic acid groups (broad SMARTS) is 1. The van der Waals surface area contributed by atoms with Gasteiger partial charge in [0.15, 0.2) is 0 Å². The van der Waals surface area contributed by atoms with Gasteiger partial charge in [-0.15, -0.1) is 0 Å². The van der Waals surface area contributed by atoms with Crippen molar-refractivity contribution in [2.24, 2.45) is 23.1 Å². The molecule has 0 aliphatic heterocycles. The second-order valence-corrected chi connectivity index (χ2v) is 8.43. The molecule has 194 valence electrons. The Bertz CT molecular complexity index is 757. The standard InChI is InChI=1S/C20H36N6O8/c1-9(2)8-13(18(31)25-12(20(33)34)5-7-15(22)29)26-17(30)11(4-6-14(21)28)24-19(32)16(23)10(3)27/h9-13,16,27H,4-8,23H2,1-3H3,(H2,21,28)(H2,22,29)(H,24,32)(H,25,31)(H,26,30)(H,33,34). The Morgan fingerprint density at radius 1 is 0.735 bits per heavy atom. The molecule has 0 heterocycles. The van der Waals surface area contributed by atoms with Gasteiger partial charge >= 0.3 is 5.97 Å². The molecule has 34 heavy (non-hydrogen) atoms. The van der Waals surface area contributed by atoms with E-state index >= 15 is 0 Å². The van der Waals surface area contributed by atoms with E-state index in [2.05, 4.69) is 16.0 Å². The lowest BCUT2D eigenvalue weighted by molar-refractivity contribution is -0.142. The monoisotopic (exact) mass is 488 g/mol. The molecule has 0 bridgehead atoms. The Labute approximate surface area is 197 Å². The summed E-state index contributed by atoms with van der Waals surface area (Å²) in [6.07, 6.45) is -2.09. The predicted octanol–water partition coefficient (Wildman–Crippen LogP) is -3.19. The van der Waals surface area contributed by atoms with Crippen LogP contribution in [0.25, 0.3) is 0 Å². The first-order chi connectivity index (χ1) is 15.6. The highest BCUT2D eigenvalue weighted by Crippen LogP contribution is 2.09. The molecule has 0 saturated heterocycles. The smallest absolute Gasteiger partial charge is 0.326 e. The summed E-state index contributed by atoms with van der Waals surface area (Å²) in [6, 6.07) is -5.26.